The van der Waals surface area contributed by atoms with Gasteiger partial charge in [0.2, 0.25) is 0 Å². The van der Waals surface area contributed by atoms with Gasteiger partial charge in [-0.15, -0.1) is 11.3 Å². The number of rotatable bonds is 4. The number of nitrogens with zero attached hydrogens (tertiary/aromatic N) is 2. The molecule has 5 nitrogen and oxygen atoms in total. The van der Waals surface area contributed by atoms with E-state index < -0.39 is 10.1 Å². The molecule has 7 heteroatoms. The molecule has 26 heavy (non-hydrogen) atoms. The number of pyridine rings is 1. The first kappa shape index (κ1) is 17.3. The van der Waals surface area contributed by atoms with Crippen molar-refractivity contribution in [3.63, 3.8) is 0 Å². The van der Waals surface area contributed by atoms with Crippen molar-refractivity contribution in [1.29, 1.82) is 0 Å². The molecule has 136 valence electrons. The van der Waals surface area contributed by atoms with Crippen molar-refractivity contribution in [1.82, 2.24) is 4.98 Å². The van der Waals surface area contributed by atoms with Crippen LogP contribution < -0.4 is 9.08 Å². The highest BCUT2D eigenvalue weighted by atomic mass is 32.3. The summed E-state index contributed by atoms with van der Waals surface area (Å²) in [6.45, 7) is 3.83. The van der Waals surface area contributed by atoms with E-state index in [4.69, 9.17) is 9.17 Å². The standard InChI is InChI=1S/C19H20N2O3S2/c1-14-8-11-18(25-14)26(22,23)24-16-7-5-6-15-9-10-17(20-19(15)16)21-12-3-2-4-13-21/h5-11H,2-4,12-13H2,1H3. The van der Waals surface area contributed by atoms with E-state index in [1.165, 1.54) is 17.8 Å². The molecule has 0 amide bonds. The van der Waals surface area contributed by atoms with Crippen LogP contribution in [-0.2, 0) is 10.1 Å². The summed E-state index contributed by atoms with van der Waals surface area (Å²) in [4.78, 5) is 7.90. The maximum absolute atomic E-state index is 12.6. The molecular formula is C19H20N2O3S2. The summed E-state index contributed by atoms with van der Waals surface area (Å²) >= 11 is 1.20. The third-order valence-electron chi connectivity index (χ3n) is 4.51. The van der Waals surface area contributed by atoms with Gasteiger partial charge in [-0.1, -0.05) is 12.1 Å². The minimum absolute atomic E-state index is 0.208. The summed E-state index contributed by atoms with van der Waals surface area (Å²) in [5.74, 6) is 1.14. The minimum atomic E-state index is -3.86. The van der Waals surface area contributed by atoms with Gasteiger partial charge in [0.25, 0.3) is 0 Å². The zero-order chi connectivity index (χ0) is 18.1. The molecule has 1 aromatic carbocycles. The summed E-state index contributed by atoms with van der Waals surface area (Å²) in [6, 6.07) is 12.7. The average molecular weight is 389 g/mol. The monoisotopic (exact) mass is 388 g/mol. The molecule has 0 N–H and O–H groups in total. The molecule has 1 aliphatic rings. The van der Waals surface area contributed by atoms with E-state index >= 15 is 0 Å². The van der Waals surface area contributed by atoms with Crippen LogP contribution in [0.2, 0.25) is 0 Å². The van der Waals surface area contributed by atoms with Gasteiger partial charge in [0.1, 0.15) is 11.3 Å². The van der Waals surface area contributed by atoms with Crippen LogP contribution >= 0.6 is 11.3 Å². The number of benzene rings is 1. The molecule has 0 saturated carbocycles. The fourth-order valence-electron chi connectivity index (χ4n) is 3.18. The van der Waals surface area contributed by atoms with Crippen LogP contribution in [0, 0.1) is 6.92 Å². The smallest absolute Gasteiger partial charge is 0.348 e. The molecule has 4 rings (SSSR count). The lowest BCUT2D eigenvalue weighted by molar-refractivity contribution is 0.490. The summed E-state index contributed by atoms with van der Waals surface area (Å²) in [6.07, 6.45) is 3.56. The lowest BCUT2D eigenvalue weighted by Gasteiger charge is -2.27. The third kappa shape index (κ3) is 3.41. The van der Waals surface area contributed by atoms with Gasteiger partial charge >= 0.3 is 10.1 Å². The van der Waals surface area contributed by atoms with E-state index in [2.05, 4.69) is 4.90 Å². The van der Waals surface area contributed by atoms with E-state index in [9.17, 15) is 8.42 Å². The maximum Gasteiger partial charge on any atom is 0.348 e. The number of para-hydroxylation sites is 1. The van der Waals surface area contributed by atoms with Gasteiger partial charge in [0, 0.05) is 23.4 Å². The van der Waals surface area contributed by atoms with Gasteiger partial charge < -0.3 is 9.08 Å². The van der Waals surface area contributed by atoms with Gasteiger partial charge in [-0.2, -0.15) is 8.42 Å². The Bertz CT molecular complexity index is 1040. The normalized spacial score (nSPS) is 15.3. The van der Waals surface area contributed by atoms with Crippen LogP contribution in [0.1, 0.15) is 24.1 Å². The quantitative estimate of drug-likeness (QED) is 0.622. The van der Waals surface area contributed by atoms with Crippen LogP contribution in [0.4, 0.5) is 5.82 Å². The Hall–Kier alpha value is -2.12. The van der Waals surface area contributed by atoms with Crippen molar-refractivity contribution in [3.8, 4) is 5.75 Å². The highest BCUT2D eigenvalue weighted by Crippen LogP contribution is 2.31. The predicted molar refractivity (Wildman–Crippen MR) is 105 cm³/mol. The van der Waals surface area contributed by atoms with Crippen molar-refractivity contribution in [2.45, 2.75) is 30.4 Å². The summed E-state index contributed by atoms with van der Waals surface area (Å²) < 4.78 is 30.9. The van der Waals surface area contributed by atoms with Crippen molar-refractivity contribution < 1.29 is 12.6 Å². The Morgan fingerprint density at radius 2 is 1.85 bits per heavy atom. The number of fused-ring (bicyclic) bond motifs is 1. The second kappa shape index (κ2) is 6.89. The molecule has 0 spiro atoms. The molecule has 0 atom stereocenters. The first-order chi connectivity index (χ1) is 12.5. The highest BCUT2D eigenvalue weighted by Gasteiger charge is 2.21. The zero-order valence-electron chi connectivity index (χ0n) is 14.5. The van der Waals surface area contributed by atoms with Crippen molar-refractivity contribution in [3.05, 3.63) is 47.3 Å². The highest BCUT2D eigenvalue weighted by molar-refractivity contribution is 7.89. The molecule has 1 fully saturated rings. The van der Waals surface area contributed by atoms with Crippen molar-refractivity contribution in [2.75, 3.05) is 18.0 Å². The average Bonchev–Trinajstić information content (AvgIpc) is 3.10. The van der Waals surface area contributed by atoms with Crippen LogP contribution in [-0.4, -0.2) is 26.5 Å². The molecule has 3 heterocycles. The predicted octanol–water partition coefficient (Wildman–Crippen LogP) is 4.36. The van der Waals surface area contributed by atoms with Crippen LogP contribution in [0.3, 0.4) is 0 Å². The maximum atomic E-state index is 12.6. The Balaban J connectivity index is 1.72. The number of aryl methyl sites for hydroxylation is 1. The first-order valence-corrected chi connectivity index (χ1v) is 10.9. The number of anilines is 1. The molecular weight excluding hydrogens is 368 g/mol. The van der Waals surface area contributed by atoms with Crippen LogP contribution in [0.25, 0.3) is 10.9 Å². The molecule has 1 aliphatic heterocycles. The summed E-state index contributed by atoms with van der Waals surface area (Å²) in [5.41, 5.74) is 0.576. The van der Waals surface area contributed by atoms with Gasteiger partial charge in [-0.3, -0.25) is 0 Å². The van der Waals surface area contributed by atoms with E-state index in [0.717, 1.165) is 42.0 Å². The molecule has 0 radical (unpaired) electrons. The number of piperidine rings is 1. The lowest BCUT2D eigenvalue weighted by atomic mass is 10.1. The molecule has 3 aromatic rings. The second-order valence-electron chi connectivity index (χ2n) is 6.45. The minimum Gasteiger partial charge on any atom is -0.376 e. The Morgan fingerprint density at radius 3 is 2.58 bits per heavy atom. The number of aromatic nitrogens is 1. The molecule has 0 aliphatic carbocycles. The second-order valence-corrected chi connectivity index (χ2v) is 9.51. The van der Waals surface area contributed by atoms with Crippen molar-refractivity contribution in [2.24, 2.45) is 0 Å². The third-order valence-corrected chi connectivity index (χ3v) is 7.20. The Labute approximate surface area is 157 Å². The fourth-order valence-corrected chi connectivity index (χ4v) is 5.36. The van der Waals surface area contributed by atoms with Crippen molar-refractivity contribution >= 4 is 38.2 Å². The summed E-state index contributed by atoms with van der Waals surface area (Å²) in [5, 5.41) is 0.862. The SMILES string of the molecule is Cc1ccc(S(=O)(=O)Oc2cccc3ccc(N4CCCCC4)nc23)s1. The van der Waals surface area contributed by atoms with Gasteiger partial charge in [0.15, 0.2) is 9.96 Å². The zero-order valence-corrected chi connectivity index (χ0v) is 16.1. The van der Waals surface area contributed by atoms with Gasteiger partial charge in [-0.05, 0) is 56.5 Å². The lowest BCUT2D eigenvalue weighted by Crippen LogP contribution is -2.30. The number of hydrogen-bond donors (Lipinski definition) is 0. The topological polar surface area (TPSA) is 59.5 Å². The first-order valence-electron chi connectivity index (χ1n) is 8.69. The molecule has 2 aromatic heterocycles. The van der Waals surface area contributed by atoms with Gasteiger partial charge in [0.05, 0.1) is 0 Å². The molecule has 0 bridgehead atoms. The van der Waals surface area contributed by atoms with Crippen LogP contribution in [0.5, 0.6) is 5.75 Å². The van der Waals surface area contributed by atoms with E-state index in [-0.39, 0.29) is 9.96 Å². The van der Waals surface area contributed by atoms with E-state index in [0.29, 0.717) is 5.52 Å². The van der Waals surface area contributed by atoms with Crippen LogP contribution in [0.15, 0.2) is 46.7 Å². The van der Waals surface area contributed by atoms with E-state index in [1.54, 1.807) is 24.3 Å². The number of hydrogen-bond acceptors (Lipinski definition) is 6. The fraction of sp³-hybridized carbons (Fsp3) is 0.316. The summed E-state index contributed by atoms with van der Waals surface area (Å²) in [7, 11) is -3.86. The largest absolute Gasteiger partial charge is 0.376 e. The van der Waals surface area contributed by atoms with Gasteiger partial charge in [-0.25, -0.2) is 4.98 Å². The number of thiophene rings is 1. The molecule has 0 unspecified atom stereocenters. The Kier molecular flexibility index (Phi) is 4.58. The molecule has 1 saturated heterocycles. The van der Waals surface area contributed by atoms with E-state index in [1.807, 2.05) is 25.1 Å². The Morgan fingerprint density at radius 1 is 1.04 bits per heavy atom.